The first-order valence-corrected chi connectivity index (χ1v) is 46.9. The molecule has 10 nitrogen and oxygen atoms in total. The van der Waals surface area contributed by atoms with Gasteiger partial charge in [0, 0.05) is 81.1 Å². The van der Waals surface area contributed by atoms with Crippen LogP contribution in [0, 0.1) is 41.5 Å². The second-order valence-corrected chi connectivity index (χ2v) is 25.4. The third-order valence-corrected chi connectivity index (χ3v) is 19.4. The number of fused-ring (bicyclic) bond motifs is 18. The molecule has 9 heterocycles. The van der Waals surface area contributed by atoms with Gasteiger partial charge in [-0.25, -0.2) is 9.13 Å². The Hall–Kier alpha value is -11.4. The molecule has 2 aliphatic heterocycles. The molecule has 16 aromatic rings. The van der Waals surface area contributed by atoms with Crippen LogP contribution in [0.1, 0.15) is 247 Å². The summed E-state index contributed by atoms with van der Waals surface area (Å²) in [6.45, 7) is 71.2. The predicted octanol–water partition coefficient (Wildman–Crippen LogP) is 32.2. The summed E-state index contributed by atoms with van der Waals surface area (Å²) in [7, 11) is 10.5. The molecule has 9 aromatic carbocycles. The maximum absolute atomic E-state index is 2.47. The molecule has 0 saturated heterocycles. The Morgan fingerprint density at radius 2 is 0.702 bits per heavy atom. The number of rotatable bonds is 3. The Morgan fingerprint density at radius 1 is 0.298 bits per heavy atom. The first kappa shape index (κ1) is 115. The van der Waals surface area contributed by atoms with E-state index >= 15 is 0 Å². The van der Waals surface area contributed by atoms with Crippen LogP contribution in [0.4, 0.5) is 5.69 Å². The second-order valence-electron chi connectivity index (χ2n) is 25.4. The molecule has 0 radical (unpaired) electrons. The van der Waals surface area contributed by atoms with Crippen LogP contribution in [0.15, 0.2) is 274 Å². The van der Waals surface area contributed by atoms with Crippen LogP contribution in [0.25, 0.3) is 105 Å². The van der Waals surface area contributed by atoms with Gasteiger partial charge in [-0.15, -0.1) is 9.20 Å². The molecule has 0 unspecified atom stereocenters. The van der Waals surface area contributed by atoms with E-state index in [9.17, 15) is 0 Å². The van der Waals surface area contributed by atoms with Crippen molar-refractivity contribution in [3.8, 4) is 28.3 Å². The van der Waals surface area contributed by atoms with Crippen molar-refractivity contribution in [2.75, 3.05) is 11.9 Å². The lowest BCUT2D eigenvalue weighted by molar-refractivity contribution is -0.735. The van der Waals surface area contributed by atoms with Crippen molar-refractivity contribution in [3.63, 3.8) is 0 Å². The van der Waals surface area contributed by atoms with Crippen LogP contribution in [0.3, 0.4) is 0 Å². The van der Waals surface area contributed by atoms with Crippen molar-refractivity contribution < 1.29 is 18.5 Å². The minimum Gasteiger partial charge on any atom is -0.358 e. The SMILES string of the molecule is C.CC.CC.CC.CC.CC.CC.CC.CC.CC.CC.CC.CC.CC.CC.Cc1cccc2c1N1C(=CN(C)[C@@H]1C)c1ccccc1-2.Cc1cccc2c3ccccc3c3cc[n+](C)n3c12.Cc1cccc2c3ccccc3n(-c3cccc[n+]3C)c12.Cc1ccccc1-[n+]1ccc(C)n1C.Cc1ccccc1-n1c2ccccc2c2ccc[n+](C)c21. The molecule has 2 aliphatic rings. The highest BCUT2D eigenvalue weighted by Gasteiger charge is 2.36. The average Bonchev–Trinajstić information content (AvgIpc) is 1.53. The Morgan fingerprint density at radius 3 is 1.23 bits per heavy atom. The van der Waals surface area contributed by atoms with Crippen LogP contribution in [-0.4, -0.2) is 36.4 Å². The van der Waals surface area contributed by atoms with Gasteiger partial charge in [0.25, 0.3) is 11.5 Å². The monoisotopic (exact) mass is 1680 g/mol. The Bertz CT molecular complexity index is 5480. The summed E-state index contributed by atoms with van der Waals surface area (Å²) in [5.41, 5.74) is 24.5. The van der Waals surface area contributed by atoms with E-state index < -0.39 is 0 Å². The van der Waals surface area contributed by atoms with E-state index in [1.54, 1.807) is 0 Å². The predicted molar refractivity (Wildman–Crippen MR) is 558 cm³/mol. The van der Waals surface area contributed by atoms with Crippen molar-refractivity contribution in [1.82, 2.24) is 23.2 Å². The van der Waals surface area contributed by atoms with Crippen molar-refractivity contribution in [1.29, 1.82) is 0 Å². The molecule has 0 amide bonds. The fraction of sp³-hybridized carbons (Fsp3) is 0.368. The molecular weight excluding hydrogens is 1510 g/mol. The van der Waals surface area contributed by atoms with E-state index in [2.05, 4.69) is 404 Å². The van der Waals surface area contributed by atoms with Crippen LogP contribution >= 0.6 is 0 Å². The summed E-state index contributed by atoms with van der Waals surface area (Å²) in [6.07, 6.45) is 11.0. The van der Waals surface area contributed by atoms with Gasteiger partial charge >= 0.3 is 0 Å². The summed E-state index contributed by atoms with van der Waals surface area (Å²) in [6, 6.07) is 86.1. The molecular formula is C114H170N10+4. The van der Waals surface area contributed by atoms with E-state index in [0.717, 1.165) is 0 Å². The Balaban J connectivity index is 0. The molecule has 0 saturated carbocycles. The number of hydrogen-bond donors (Lipinski definition) is 0. The van der Waals surface area contributed by atoms with Gasteiger partial charge in [-0.1, -0.05) is 370 Å². The lowest BCUT2D eigenvalue weighted by Crippen LogP contribution is -2.39. The second kappa shape index (κ2) is 62.7. The summed E-state index contributed by atoms with van der Waals surface area (Å²) in [4.78, 5) is 4.75. The molecule has 0 aliphatic carbocycles. The number of benzene rings is 9. The van der Waals surface area contributed by atoms with Crippen molar-refractivity contribution in [2.24, 2.45) is 28.2 Å². The van der Waals surface area contributed by atoms with Crippen LogP contribution in [-0.2, 0) is 28.2 Å². The Kier molecular flexibility index (Phi) is 58.0. The molecule has 18 rings (SSSR count). The average molecular weight is 1680 g/mol. The summed E-state index contributed by atoms with van der Waals surface area (Å²) in [5.74, 6) is 1.18. The highest BCUT2D eigenvalue weighted by molar-refractivity contribution is 6.13. The molecule has 124 heavy (non-hydrogen) atoms. The highest BCUT2D eigenvalue weighted by Crippen LogP contribution is 2.49. The largest absolute Gasteiger partial charge is 0.358 e. The number of anilines is 1. The zero-order chi connectivity index (χ0) is 93.8. The minimum atomic E-state index is 0. The highest BCUT2D eigenvalue weighted by atomic mass is 15.4. The fourth-order valence-corrected chi connectivity index (χ4v) is 14.4. The first-order chi connectivity index (χ1) is 60.2. The van der Waals surface area contributed by atoms with Gasteiger partial charge in [0.2, 0.25) is 11.9 Å². The maximum atomic E-state index is 2.47. The molecule has 10 heteroatoms. The van der Waals surface area contributed by atoms with Gasteiger partial charge in [0.1, 0.15) is 39.4 Å². The smallest absolute Gasteiger partial charge is 0.294 e. The van der Waals surface area contributed by atoms with Crippen molar-refractivity contribution in [3.05, 3.63) is 313 Å². The molecule has 0 spiro atoms. The van der Waals surface area contributed by atoms with E-state index in [0.29, 0.717) is 6.17 Å². The summed E-state index contributed by atoms with van der Waals surface area (Å²) < 4.78 is 17.8. The molecule has 0 N–H and O–H groups in total. The molecule has 1 atom stereocenters. The van der Waals surface area contributed by atoms with Crippen molar-refractivity contribution in [2.45, 2.75) is 256 Å². The normalized spacial score (nSPS) is 10.6. The fourth-order valence-electron chi connectivity index (χ4n) is 14.4. The molecule has 672 valence electrons. The van der Waals surface area contributed by atoms with Gasteiger partial charge < -0.3 is 9.80 Å². The number of pyridine rings is 3. The zero-order valence-electron chi connectivity index (χ0n) is 84.5. The summed E-state index contributed by atoms with van der Waals surface area (Å²) >= 11 is 0. The van der Waals surface area contributed by atoms with Crippen molar-refractivity contribution >= 4 is 82.3 Å². The standard InChI is InChI=1S/2C19H17N2.C18H18N2.C17H15N2.C12H15N2.14C2H6.CH4/c1-14-8-3-5-11-17(14)21-18-12-6-4-9-15(18)16-10-7-13-20(2)19(16)21;1-14-8-7-10-16-15-9-3-4-11-17(15)21(19(14)16)18-12-5-6-13-20(18)2;1-12-7-6-10-16-14-8-4-5-9-15(14)17-11-19(3)13(2)20(17)18(12)16;1-12-6-5-9-15-13-7-3-4-8-14(13)16-10-11-18(2)19(16)17(12)15;1-10-6-4-5-7-12(10)14-9-8-11(2)13(14)3;14*1-2;/h2*3-13H,1-2H3;4-11,13H,1-3H3;3-11H,1-2H3;4-9H,1-3H3;14*1-2H3;1H4/q2*+1;;2*+1;;;;;;;;;;;;;;;/t;;13-;;;;;;;;;;;;;;;;;/m..0................./s1. The van der Waals surface area contributed by atoms with Gasteiger partial charge in [0.05, 0.1) is 56.0 Å². The molecule has 0 fully saturated rings. The molecule has 0 bridgehead atoms. The van der Waals surface area contributed by atoms with Crippen LogP contribution in [0.5, 0.6) is 0 Å². The lowest BCUT2D eigenvalue weighted by Gasteiger charge is -2.36. The van der Waals surface area contributed by atoms with Gasteiger partial charge in [0.15, 0.2) is 13.2 Å². The van der Waals surface area contributed by atoms with E-state index in [1.807, 2.05) is 194 Å². The maximum Gasteiger partial charge on any atom is 0.294 e. The topological polar surface area (TPSA) is 41.2 Å². The zero-order valence-corrected chi connectivity index (χ0v) is 84.5. The minimum absolute atomic E-state index is 0. The van der Waals surface area contributed by atoms with Gasteiger partial charge in [-0.3, -0.25) is 0 Å². The molecule has 7 aromatic heterocycles. The van der Waals surface area contributed by atoms with E-state index in [4.69, 9.17) is 0 Å². The van der Waals surface area contributed by atoms with Crippen LogP contribution < -0.4 is 23.4 Å². The third-order valence-electron chi connectivity index (χ3n) is 19.4. The number of para-hydroxylation sites is 7. The van der Waals surface area contributed by atoms with Crippen LogP contribution in [0.2, 0.25) is 0 Å². The van der Waals surface area contributed by atoms with Gasteiger partial charge in [-0.2, -0.15) is 13.8 Å². The summed E-state index contributed by atoms with van der Waals surface area (Å²) in [5, 5.41) is 9.16. The number of aromatic nitrogens is 8. The quantitative estimate of drug-likeness (QED) is 0.131. The third kappa shape index (κ3) is 26.6. The lowest BCUT2D eigenvalue weighted by atomic mass is 9.90. The first-order valence-electron chi connectivity index (χ1n) is 46.9. The van der Waals surface area contributed by atoms with E-state index in [1.165, 1.54) is 150 Å². The van der Waals surface area contributed by atoms with Gasteiger partial charge in [-0.05, 0) is 136 Å². The number of aryl methyl sites for hydroxylation is 9. The van der Waals surface area contributed by atoms with E-state index in [-0.39, 0.29) is 7.43 Å². The Labute approximate surface area is 756 Å². The number of hydrogen-bond acceptors (Lipinski definition) is 2. The number of nitrogens with zero attached hydrogens (tertiary/aromatic N) is 10.